The Balaban J connectivity index is 1.17. The van der Waals surface area contributed by atoms with Gasteiger partial charge < -0.3 is 14.4 Å². The number of hydrogen-bond acceptors (Lipinski definition) is 7. The minimum atomic E-state index is -3.48. The number of fused-ring (bicyclic) bond motifs is 5. The molecule has 3 aliphatic carbocycles. The average molecular weight is 743 g/mol. The number of hydrogen-bond donors (Lipinski definition) is 1. The van der Waals surface area contributed by atoms with Gasteiger partial charge in [-0.1, -0.05) is 42.8 Å². The number of aromatic nitrogens is 1. The largest absolute Gasteiger partial charge is 0.490 e. The van der Waals surface area contributed by atoms with Crippen molar-refractivity contribution < 1.29 is 23.3 Å². The Hall–Kier alpha value is -3.73. The molecular weight excluding hydrogens is 696 g/mol. The number of amides is 2. The van der Waals surface area contributed by atoms with Crippen LogP contribution in [0.4, 0.5) is 5.69 Å². The van der Waals surface area contributed by atoms with Gasteiger partial charge in [0.15, 0.2) is 0 Å². The highest BCUT2D eigenvalue weighted by atomic mass is 35.5. The normalized spacial score (nSPS) is 31.9. The lowest BCUT2D eigenvalue weighted by Crippen LogP contribution is -2.49. The number of carbonyl (C=O) groups is 2. The third-order valence-corrected chi connectivity index (χ3v) is 14.3. The Morgan fingerprint density at radius 2 is 2.02 bits per heavy atom. The molecule has 1 unspecified atom stereocenters. The van der Waals surface area contributed by atoms with E-state index in [0.29, 0.717) is 49.0 Å². The third-order valence-electron chi connectivity index (χ3n) is 12.0. The molecular formula is C41H47ClN4O5S. The van der Waals surface area contributed by atoms with Gasteiger partial charge in [-0.15, -0.1) is 4.36 Å². The van der Waals surface area contributed by atoms with Crippen molar-refractivity contribution in [1.82, 2.24) is 9.71 Å². The van der Waals surface area contributed by atoms with Crippen molar-refractivity contribution in [3.05, 3.63) is 99.9 Å². The first-order chi connectivity index (χ1) is 25.1. The van der Waals surface area contributed by atoms with Gasteiger partial charge in [-0.2, -0.15) is 0 Å². The highest BCUT2D eigenvalue weighted by Crippen LogP contribution is 2.47. The van der Waals surface area contributed by atoms with Gasteiger partial charge in [0.2, 0.25) is 5.91 Å². The quantitative estimate of drug-likeness (QED) is 0.291. The topological polar surface area (TPSA) is 110 Å². The summed E-state index contributed by atoms with van der Waals surface area (Å²) in [7, 11) is -1.71. The maximum Gasteiger partial charge on any atom is 0.286 e. The predicted molar refractivity (Wildman–Crippen MR) is 203 cm³/mol. The molecule has 3 aromatic rings. The highest BCUT2D eigenvalue weighted by molar-refractivity contribution is 7.92. The fraction of sp³-hybridized carbons (Fsp3) is 0.488. The minimum Gasteiger partial charge on any atom is -0.490 e. The number of rotatable bonds is 3. The first-order valence-electron chi connectivity index (χ1n) is 18.7. The van der Waals surface area contributed by atoms with Crippen molar-refractivity contribution in [2.24, 2.45) is 28.0 Å². The molecule has 1 saturated carbocycles. The first kappa shape index (κ1) is 35.3. The zero-order chi connectivity index (χ0) is 36.0. The van der Waals surface area contributed by atoms with Gasteiger partial charge in [0.25, 0.3) is 5.91 Å². The Labute approximate surface area is 311 Å². The summed E-state index contributed by atoms with van der Waals surface area (Å²) in [4.78, 5) is 34.6. The van der Waals surface area contributed by atoms with Gasteiger partial charge in [-0.25, -0.2) is 4.21 Å². The number of anilines is 1. The number of pyridine rings is 1. The summed E-state index contributed by atoms with van der Waals surface area (Å²) in [6.07, 6.45) is 12.7. The molecule has 11 heteroatoms. The zero-order valence-electron chi connectivity index (χ0n) is 29.9. The number of aryl methyl sites for hydroxylation is 1. The van der Waals surface area contributed by atoms with Crippen LogP contribution in [0, 0.1) is 23.7 Å². The maximum absolute atomic E-state index is 14.7. The molecule has 1 fully saturated rings. The second kappa shape index (κ2) is 14.3. The van der Waals surface area contributed by atoms with E-state index in [0.717, 1.165) is 67.2 Å². The number of ether oxygens (including phenoxy) is 2. The smallest absolute Gasteiger partial charge is 0.286 e. The molecule has 2 aromatic carbocycles. The molecule has 9 nitrogen and oxygen atoms in total. The fourth-order valence-corrected chi connectivity index (χ4v) is 11.4. The van der Waals surface area contributed by atoms with Crippen LogP contribution < -0.4 is 14.4 Å². The molecule has 0 saturated heterocycles. The van der Waals surface area contributed by atoms with Crippen molar-refractivity contribution in [3.8, 4) is 5.75 Å². The molecule has 0 radical (unpaired) electrons. The van der Waals surface area contributed by atoms with Crippen LogP contribution in [0.1, 0.15) is 71.8 Å². The molecule has 3 heterocycles. The minimum absolute atomic E-state index is 0.0442. The summed E-state index contributed by atoms with van der Waals surface area (Å²) in [5.41, 5.74) is 5.34. The second-order valence-corrected chi connectivity index (χ2v) is 18.1. The van der Waals surface area contributed by atoms with Crippen molar-refractivity contribution >= 4 is 39.0 Å². The number of carbonyl (C=O) groups excluding carboxylic acids is 2. The molecule has 2 bridgehead atoms. The second-order valence-electron chi connectivity index (χ2n) is 15.6. The van der Waals surface area contributed by atoms with E-state index < -0.39 is 21.7 Å². The van der Waals surface area contributed by atoms with Crippen molar-refractivity contribution in [1.29, 1.82) is 0 Å². The number of benzene rings is 2. The highest BCUT2D eigenvalue weighted by Gasteiger charge is 2.44. The zero-order valence-corrected chi connectivity index (χ0v) is 31.5. The summed E-state index contributed by atoms with van der Waals surface area (Å²) < 4.78 is 34.5. The molecule has 8 rings (SSSR count). The van der Waals surface area contributed by atoms with E-state index in [2.05, 4.69) is 43.3 Å². The Bertz CT molecular complexity index is 2020. The molecule has 274 valence electrons. The summed E-state index contributed by atoms with van der Waals surface area (Å²) in [6.45, 7) is 4.01. The molecule has 1 spiro atoms. The van der Waals surface area contributed by atoms with Crippen molar-refractivity contribution in [2.75, 3.05) is 37.5 Å². The summed E-state index contributed by atoms with van der Waals surface area (Å²) in [6, 6.07) is 15.5. The maximum atomic E-state index is 14.7. The molecule has 7 atom stereocenters. The molecule has 52 heavy (non-hydrogen) atoms. The van der Waals surface area contributed by atoms with Crippen LogP contribution in [0.25, 0.3) is 0 Å². The molecule has 1 N–H and O–H groups in total. The van der Waals surface area contributed by atoms with Crippen LogP contribution >= 0.6 is 11.6 Å². The van der Waals surface area contributed by atoms with E-state index in [-0.39, 0.29) is 29.1 Å². The lowest BCUT2D eigenvalue weighted by Gasteiger charge is -2.46. The van der Waals surface area contributed by atoms with E-state index in [9.17, 15) is 13.8 Å². The Kier molecular flexibility index (Phi) is 9.68. The van der Waals surface area contributed by atoms with Gasteiger partial charge in [-0.3, -0.25) is 19.3 Å². The van der Waals surface area contributed by atoms with Gasteiger partial charge in [0.05, 0.1) is 24.2 Å². The van der Waals surface area contributed by atoms with E-state index in [1.54, 1.807) is 19.4 Å². The lowest BCUT2D eigenvalue weighted by atomic mass is 9.68. The Morgan fingerprint density at radius 3 is 2.83 bits per heavy atom. The number of methoxy groups -OCH3 is 1. The van der Waals surface area contributed by atoms with E-state index in [1.807, 2.05) is 37.3 Å². The SMILES string of the molecule is CO[C@H]1/C=C/C[C@H](C)C[S@@](=O)(NC(=O)C2Cc3cccnc3C2)=NC(=O)c2ccc3c(c2)N(C[C@@H]2CC[C@H]21)C[C@@]1(CCCc2cc(Cl)ccc21)CO3. The monoisotopic (exact) mass is 742 g/mol. The molecule has 2 aliphatic heterocycles. The summed E-state index contributed by atoms with van der Waals surface area (Å²) >= 11 is 6.47. The average Bonchev–Trinajstić information content (AvgIpc) is 3.49. The standard InChI is InChI=1S/C41H47ClN4O5S/c1-26-6-3-9-37(50-2)33-13-10-30(33)22-46-24-41(16-4-7-27-19-32(42)12-14-34(27)41)25-51-38-15-11-29(21-36(38)46)39(47)44-52(49,23-26)45-40(48)31-18-28-8-5-17-43-35(28)20-31/h3,5,8-9,11-12,14-15,17,19,21,26,30-31,33,37H,4,6-7,10,13,16,18,20,22-25H2,1-2H3,(H,44,45,47,48,49)/b9-3+/t26-,30-,31?,33+,37-,41-,52-/m0/s1. The molecule has 2 amide bonds. The van der Waals surface area contributed by atoms with Crippen molar-refractivity contribution in [2.45, 2.75) is 69.8 Å². The van der Waals surface area contributed by atoms with Gasteiger partial charge >= 0.3 is 0 Å². The van der Waals surface area contributed by atoms with Crippen LogP contribution in [0.2, 0.25) is 5.02 Å². The van der Waals surface area contributed by atoms with Gasteiger partial charge in [0, 0.05) is 60.4 Å². The number of allylic oxidation sites excluding steroid dienone is 1. The molecule has 1 aromatic heterocycles. The summed E-state index contributed by atoms with van der Waals surface area (Å²) in [5.74, 6) is -0.0243. The number of nitrogens with one attached hydrogen (secondary N) is 1. The number of nitrogens with zero attached hydrogens (tertiary/aromatic N) is 3. The third kappa shape index (κ3) is 6.90. The lowest BCUT2D eigenvalue weighted by molar-refractivity contribution is -0.122. The summed E-state index contributed by atoms with van der Waals surface area (Å²) in [5, 5.41) is 0.744. The fourth-order valence-electron chi connectivity index (χ4n) is 9.21. The van der Waals surface area contributed by atoms with Crippen LogP contribution in [0.15, 0.2) is 71.2 Å². The number of halogens is 1. The van der Waals surface area contributed by atoms with E-state index in [1.165, 1.54) is 11.1 Å². The van der Waals surface area contributed by atoms with Crippen LogP contribution in [-0.4, -0.2) is 59.7 Å². The van der Waals surface area contributed by atoms with E-state index >= 15 is 0 Å². The van der Waals surface area contributed by atoms with Crippen LogP contribution in [-0.2, 0) is 44.1 Å². The predicted octanol–water partition coefficient (Wildman–Crippen LogP) is 6.90. The van der Waals surface area contributed by atoms with Gasteiger partial charge in [-0.05, 0) is 116 Å². The Morgan fingerprint density at radius 1 is 1.13 bits per heavy atom. The first-order valence-corrected chi connectivity index (χ1v) is 20.7. The van der Waals surface area contributed by atoms with E-state index in [4.69, 9.17) is 21.1 Å². The van der Waals surface area contributed by atoms with Crippen LogP contribution in [0.3, 0.4) is 0 Å². The van der Waals surface area contributed by atoms with Gasteiger partial charge in [0.1, 0.15) is 15.7 Å². The van der Waals surface area contributed by atoms with Crippen molar-refractivity contribution in [3.63, 3.8) is 0 Å². The molecule has 5 aliphatic rings. The van der Waals surface area contributed by atoms with Crippen LogP contribution in [0.5, 0.6) is 5.75 Å².